The summed E-state index contributed by atoms with van der Waals surface area (Å²) in [5.41, 5.74) is 0.738. The van der Waals surface area contributed by atoms with Crippen molar-refractivity contribution in [3.8, 4) is 0 Å². The molecule has 0 spiro atoms. The highest BCUT2D eigenvalue weighted by Gasteiger charge is 2.20. The molecule has 0 saturated carbocycles. The molecule has 0 aliphatic rings. The van der Waals surface area contributed by atoms with Crippen molar-refractivity contribution in [3.05, 3.63) is 39.8 Å². The highest BCUT2D eigenvalue weighted by molar-refractivity contribution is 6.07. The molecule has 0 saturated heterocycles. The lowest BCUT2D eigenvalue weighted by Crippen LogP contribution is -2.16. The van der Waals surface area contributed by atoms with Gasteiger partial charge in [-0.05, 0) is 13.8 Å². The number of amides is 1. The van der Waals surface area contributed by atoms with Gasteiger partial charge in [-0.2, -0.15) is 0 Å². The lowest BCUT2D eigenvalue weighted by molar-refractivity contribution is 0.0527. The van der Waals surface area contributed by atoms with Gasteiger partial charge < -0.3 is 25.0 Å². The van der Waals surface area contributed by atoms with Crippen LogP contribution in [0.3, 0.4) is 0 Å². The number of hydrogen-bond acceptors (Lipinski definition) is 4. The first kappa shape index (κ1) is 13.7. The van der Waals surface area contributed by atoms with Crippen LogP contribution >= 0.6 is 0 Å². The van der Waals surface area contributed by atoms with Crippen molar-refractivity contribution in [2.75, 3.05) is 11.9 Å². The third kappa shape index (κ3) is 2.63. The summed E-state index contributed by atoms with van der Waals surface area (Å²) in [4.78, 5) is 42.2. The SMILES string of the molecule is CCOC(=O)c1c(NC(=O)c2c[nH]c(=O)[nH]2)c[nH]c1C. The Hall–Kier alpha value is -2.77. The Labute approximate surface area is 113 Å². The molecule has 8 nitrogen and oxygen atoms in total. The molecule has 0 aliphatic heterocycles. The Morgan fingerprint density at radius 1 is 1.30 bits per heavy atom. The summed E-state index contributed by atoms with van der Waals surface area (Å²) in [6, 6.07) is 0. The first-order valence-electron chi connectivity index (χ1n) is 5.97. The number of carbonyl (C=O) groups is 2. The maximum Gasteiger partial charge on any atom is 0.342 e. The van der Waals surface area contributed by atoms with Crippen LogP contribution < -0.4 is 11.0 Å². The van der Waals surface area contributed by atoms with E-state index in [1.165, 1.54) is 12.4 Å². The van der Waals surface area contributed by atoms with E-state index in [1.54, 1.807) is 13.8 Å². The fourth-order valence-electron chi connectivity index (χ4n) is 1.74. The molecule has 2 heterocycles. The van der Waals surface area contributed by atoms with Gasteiger partial charge in [0.1, 0.15) is 11.3 Å². The summed E-state index contributed by atoms with van der Waals surface area (Å²) < 4.78 is 4.92. The molecule has 20 heavy (non-hydrogen) atoms. The quantitative estimate of drug-likeness (QED) is 0.617. The minimum atomic E-state index is -0.534. The first-order chi connectivity index (χ1) is 9.52. The van der Waals surface area contributed by atoms with Crippen LogP contribution in [-0.2, 0) is 4.74 Å². The number of imidazole rings is 1. The zero-order valence-electron chi connectivity index (χ0n) is 11.0. The number of aromatic amines is 3. The molecule has 0 unspecified atom stereocenters. The number of H-pyrrole nitrogens is 3. The van der Waals surface area contributed by atoms with Crippen LogP contribution in [0, 0.1) is 6.92 Å². The molecular formula is C12H14N4O4. The molecule has 0 aromatic carbocycles. The van der Waals surface area contributed by atoms with Gasteiger partial charge in [-0.1, -0.05) is 0 Å². The van der Waals surface area contributed by atoms with Gasteiger partial charge in [-0.15, -0.1) is 0 Å². The maximum atomic E-state index is 11.9. The normalized spacial score (nSPS) is 10.3. The molecule has 0 atom stereocenters. The first-order valence-corrected chi connectivity index (χ1v) is 5.97. The Morgan fingerprint density at radius 3 is 2.65 bits per heavy atom. The number of aromatic nitrogens is 3. The van der Waals surface area contributed by atoms with E-state index in [4.69, 9.17) is 4.74 Å². The molecule has 2 aromatic heterocycles. The van der Waals surface area contributed by atoms with E-state index in [1.807, 2.05) is 0 Å². The minimum absolute atomic E-state index is 0.0728. The Bertz CT molecular complexity index is 694. The molecule has 8 heteroatoms. The second-order valence-electron chi connectivity index (χ2n) is 4.03. The van der Waals surface area contributed by atoms with E-state index < -0.39 is 17.6 Å². The largest absolute Gasteiger partial charge is 0.462 e. The topological polar surface area (TPSA) is 120 Å². The van der Waals surface area contributed by atoms with Crippen LogP contribution in [0.15, 0.2) is 17.2 Å². The summed E-state index contributed by atoms with van der Waals surface area (Å²) in [6.45, 7) is 3.63. The number of hydrogen-bond donors (Lipinski definition) is 4. The van der Waals surface area contributed by atoms with Gasteiger partial charge in [0, 0.05) is 18.1 Å². The van der Waals surface area contributed by atoms with Crippen molar-refractivity contribution in [1.29, 1.82) is 0 Å². The molecule has 0 fully saturated rings. The number of esters is 1. The van der Waals surface area contributed by atoms with E-state index in [9.17, 15) is 14.4 Å². The number of rotatable bonds is 4. The van der Waals surface area contributed by atoms with Crippen LogP contribution in [0.2, 0.25) is 0 Å². The van der Waals surface area contributed by atoms with Crippen LogP contribution in [0.4, 0.5) is 5.69 Å². The fraction of sp³-hybridized carbons (Fsp3) is 0.250. The average Bonchev–Trinajstić information content (AvgIpc) is 2.96. The fourth-order valence-corrected chi connectivity index (χ4v) is 1.74. The highest BCUT2D eigenvalue weighted by atomic mass is 16.5. The molecule has 1 amide bonds. The molecule has 0 bridgehead atoms. The second-order valence-corrected chi connectivity index (χ2v) is 4.03. The van der Waals surface area contributed by atoms with Crippen molar-refractivity contribution in [2.24, 2.45) is 0 Å². The summed E-state index contributed by atoms with van der Waals surface area (Å²) in [6.07, 6.45) is 2.74. The van der Waals surface area contributed by atoms with Crippen molar-refractivity contribution in [3.63, 3.8) is 0 Å². The van der Waals surface area contributed by atoms with Crippen molar-refractivity contribution < 1.29 is 14.3 Å². The third-order valence-corrected chi connectivity index (χ3v) is 2.65. The predicted octanol–water partition coefficient (Wildman–Crippen LogP) is 0.769. The lowest BCUT2D eigenvalue weighted by atomic mass is 10.2. The number of ether oxygens (including phenoxy) is 1. The third-order valence-electron chi connectivity index (χ3n) is 2.65. The summed E-state index contributed by atoms with van der Waals surface area (Å²) in [7, 11) is 0. The Balaban J connectivity index is 2.24. The zero-order chi connectivity index (χ0) is 14.7. The molecule has 106 valence electrons. The predicted molar refractivity (Wildman–Crippen MR) is 70.9 cm³/mol. The average molecular weight is 278 g/mol. The maximum absolute atomic E-state index is 11.9. The van der Waals surface area contributed by atoms with Crippen LogP contribution in [0.5, 0.6) is 0 Å². The van der Waals surface area contributed by atoms with Crippen LogP contribution in [-0.4, -0.2) is 33.4 Å². The van der Waals surface area contributed by atoms with Gasteiger partial charge in [-0.25, -0.2) is 9.59 Å². The minimum Gasteiger partial charge on any atom is -0.462 e. The Morgan fingerprint density at radius 2 is 2.05 bits per heavy atom. The van der Waals surface area contributed by atoms with Gasteiger partial charge >= 0.3 is 11.7 Å². The highest BCUT2D eigenvalue weighted by Crippen LogP contribution is 2.20. The summed E-state index contributed by atoms with van der Waals surface area (Å²) in [5, 5.41) is 2.54. The van der Waals surface area contributed by atoms with Crippen LogP contribution in [0.25, 0.3) is 0 Å². The van der Waals surface area contributed by atoms with Gasteiger partial charge in [0.05, 0.1) is 12.3 Å². The van der Waals surface area contributed by atoms with E-state index in [0.29, 0.717) is 11.4 Å². The van der Waals surface area contributed by atoms with Gasteiger partial charge in [-0.3, -0.25) is 4.79 Å². The molecule has 0 aliphatic carbocycles. The number of nitrogens with one attached hydrogen (secondary N) is 4. The van der Waals surface area contributed by atoms with Crippen LogP contribution in [0.1, 0.15) is 33.5 Å². The molecule has 2 rings (SSSR count). The van der Waals surface area contributed by atoms with Gasteiger partial charge in [0.15, 0.2) is 0 Å². The number of carbonyl (C=O) groups excluding carboxylic acids is 2. The van der Waals surface area contributed by atoms with E-state index in [2.05, 4.69) is 20.3 Å². The molecule has 2 aromatic rings. The number of aryl methyl sites for hydroxylation is 1. The van der Waals surface area contributed by atoms with Crippen molar-refractivity contribution >= 4 is 17.6 Å². The molecule has 0 radical (unpaired) electrons. The van der Waals surface area contributed by atoms with Gasteiger partial charge in [0.2, 0.25) is 0 Å². The standard InChI is InChI=1S/C12H14N4O4/c1-3-20-11(18)9-6(2)13-4-7(9)15-10(17)8-5-14-12(19)16-8/h4-5,13H,3H2,1-2H3,(H,15,17)(H2,14,16,19). The summed E-state index contributed by atoms with van der Waals surface area (Å²) in [5.74, 6) is -1.06. The zero-order valence-corrected chi connectivity index (χ0v) is 11.0. The second kappa shape index (κ2) is 5.47. The smallest absolute Gasteiger partial charge is 0.342 e. The monoisotopic (exact) mass is 278 g/mol. The molecular weight excluding hydrogens is 264 g/mol. The molecule has 4 N–H and O–H groups in total. The van der Waals surface area contributed by atoms with E-state index in [0.717, 1.165) is 0 Å². The lowest BCUT2D eigenvalue weighted by Gasteiger charge is -2.06. The van der Waals surface area contributed by atoms with Gasteiger partial charge in [0.25, 0.3) is 5.91 Å². The van der Waals surface area contributed by atoms with E-state index in [-0.39, 0.29) is 17.9 Å². The summed E-state index contributed by atoms with van der Waals surface area (Å²) >= 11 is 0. The Kier molecular flexibility index (Phi) is 3.74. The van der Waals surface area contributed by atoms with Crippen molar-refractivity contribution in [1.82, 2.24) is 15.0 Å². The van der Waals surface area contributed by atoms with Crippen molar-refractivity contribution in [2.45, 2.75) is 13.8 Å². The van der Waals surface area contributed by atoms with E-state index >= 15 is 0 Å². The number of anilines is 1.